The highest BCUT2D eigenvalue weighted by Gasteiger charge is 2.54. The Labute approximate surface area is 528 Å². The fraction of sp³-hybridized carbons (Fsp3) is 0.283. The van der Waals surface area contributed by atoms with Gasteiger partial charge in [0.2, 0.25) is 0 Å². The molecule has 33 heteroatoms. The second kappa shape index (κ2) is 26.9. The van der Waals surface area contributed by atoms with Crippen LogP contribution >= 0.6 is 15.6 Å². The smallest absolute Gasteiger partial charge is 0.493 e. The molecule has 7 aromatic rings. The maximum absolute atomic E-state index is 15.6. The highest BCUT2D eigenvalue weighted by Crippen LogP contribution is 2.63. The van der Waals surface area contributed by atoms with Crippen molar-refractivity contribution in [2.24, 2.45) is 0 Å². The van der Waals surface area contributed by atoms with Crippen LogP contribution in [0, 0.1) is 40.5 Å². The number of rotatable bonds is 28. The number of nitro groups is 4. The van der Waals surface area contributed by atoms with Crippen LogP contribution in [-0.2, 0) is 37.6 Å². The van der Waals surface area contributed by atoms with Crippen LogP contribution in [-0.4, -0.2) is 82.5 Å². The summed E-state index contributed by atoms with van der Waals surface area (Å²) in [5, 5.41) is 50.3. The summed E-state index contributed by atoms with van der Waals surface area (Å²) in [5.74, 6) is -1.98. The molecule has 490 valence electrons. The molecule has 0 bridgehead atoms. The van der Waals surface area contributed by atoms with Crippen molar-refractivity contribution in [2.45, 2.75) is 57.7 Å². The van der Waals surface area contributed by atoms with Crippen LogP contribution in [0.4, 0.5) is 22.7 Å². The van der Waals surface area contributed by atoms with E-state index < -0.39 is 94.1 Å². The molecule has 0 saturated heterocycles. The summed E-state index contributed by atoms with van der Waals surface area (Å²) in [5.41, 5.74) is -4.31. The predicted octanol–water partition coefficient (Wildman–Crippen LogP) is 14.0. The Balaban J connectivity index is 1.17. The number of phosphoric acid groups is 2. The first kappa shape index (κ1) is 67.1. The van der Waals surface area contributed by atoms with Crippen molar-refractivity contribution in [1.29, 1.82) is 0 Å². The molecule has 1 spiro atoms. The summed E-state index contributed by atoms with van der Waals surface area (Å²) < 4.78 is 124. The highest BCUT2D eigenvalue weighted by atomic mass is 31.2. The number of ether oxygens (including phenoxy) is 10. The van der Waals surface area contributed by atoms with Gasteiger partial charge in [-0.25, -0.2) is 13.9 Å². The Hall–Kier alpha value is -10.3. The van der Waals surface area contributed by atoms with E-state index in [-0.39, 0.29) is 108 Å². The monoisotopic (exact) mass is 1330 g/mol. The van der Waals surface area contributed by atoms with Crippen molar-refractivity contribution in [2.75, 3.05) is 56.9 Å². The van der Waals surface area contributed by atoms with Crippen LogP contribution in [0.25, 0.3) is 0 Å². The van der Waals surface area contributed by atoms with Crippen LogP contribution in [0.3, 0.4) is 0 Å². The van der Waals surface area contributed by atoms with Crippen molar-refractivity contribution in [3.8, 4) is 69.0 Å². The molecule has 0 amide bonds. The molecule has 2 heterocycles. The van der Waals surface area contributed by atoms with Crippen LogP contribution in [0.15, 0.2) is 109 Å². The van der Waals surface area contributed by atoms with Gasteiger partial charge in [0, 0.05) is 28.8 Å². The SMILES string of the molecule is COc1cc(C(C)OP(=O)(Oc2ccc3c(c2)Oc2cc(OP(=O)(OC(C)c4cc(OC)c(OC)cc4[N+](=O)[O-])OC(C)c4cc(OC)c(OC)cc4[N+](=O)[O-])ccc2C32OC(=O)c3ccccc32)OC(C)c2cc(OC)c(OC)cc2[N+](=O)[O-])c([N+](=O)[O-])cc1OC. The van der Waals surface area contributed by atoms with Gasteiger partial charge in [-0.3, -0.25) is 58.6 Å². The minimum Gasteiger partial charge on any atom is -0.493 e. The number of carbonyl (C=O) groups excluding carboxylic acids is 1. The Morgan fingerprint density at radius 1 is 0.398 bits per heavy atom. The first-order chi connectivity index (χ1) is 44.2. The van der Waals surface area contributed by atoms with E-state index in [1.807, 2.05) is 0 Å². The van der Waals surface area contributed by atoms with E-state index in [1.165, 1.54) is 151 Å². The number of esters is 1. The number of hydrogen-bond donors (Lipinski definition) is 0. The lowest BCUT2D eigenvalue weighted by molar-refractivity contribution is -0.386. The second-order valence-electron chi connectivity index (χ2n) is 20.2. The summed E-state index contributed by atoms with van der Waals surface area (Å²) in [6.07, 6.45) is -6.28. The summed E-state index contributed by atoms with van der Waals surface area (Å²) in [4.78, 5) is 61.3. The lowest BCUT2D eigenvalue weighted by Crippen LogP contribution is -2.33. The normalized spacial score (nSPS) is 16.2. The van der Waals surface area contributed by atoms with Gasteiger partial charge in [0.1, 0.15) is 23.0 Å². The molecule has 93 heavy (non-hydrogen) atoms. The molecule has 2 aliphatic rings. The summed E-state index contributed by atoms with van der Waals surface area (Å²) in [7, 11) is -0.505. The maximum Gasteiger partial charge on any atom is 0.531 e. The lowest BCUT2D eigenvalue weighted by atomic mass is 9.77. The Morgan fingerprint density at radius 2 is 0.677 bits per heavy atom. The number of benzene rings is 7. The quantitative estimate of drug-likeness (QED) is 0.0190. The molecule has 0 aliphatic carbocycles. The Bertz CT molecular complexity index is 3840. The number of methoxy groups -OCH3 is 8. The number of nitrogens with zero attached hydrogens (tertiary/aromatic N) is 4. The second-order valence-corrected chi connectivity index (χ2v) is 23.2. The summed E-state index contributed by atoms with van der Waals surface area (Å²) in [6.45, 7) is 5.15. The zero-order valence-electron chi connectivity index (χ0n) is 51.4. The molecule has 4 unspecified atom stereocenters. The minimum absolute atomic E-state index is 0.0112. The average Bonchev–Trinajstić information content (AvgIpc) is 1.61. The third-order valence-electron chi connectivity index (χ3n) is 14.9. The number of phosphoric ester groups is 2. The van der Waals surface area contributed by atoms with Crippen LogP contribution < -0.4 is 51.7 Å². The van der Waals surface area contributed by atoms with Gasteiger partial charge >= 0.3 is 21.6 Å². The first-order valence-corrected chi connectivity index (χ1v) is 30.4. The lowest BCUT2D eigenvalue weighted by Gasteiger charge is -2.37. The van der Waals surface area contributed by atoms with E-state index in [2.05, 4.69) is 0 Å². The fourth-order valence-electron chi connectivity index (χ4n) is 10.6. The van der Waals surface area contributed by atoms with E-state index >= 15 is 9.13 Å². The van der Waals surface area contributed by atoms with E-state index in [0.717, 1.165) is 24.3 Å². The third kappa shape index (κ3) is 13.0. The topological polar surface area (TPSA) is 371 Å². The van der Waals surface area contributed by atoms with Crippen molar-refractivity contribution in [1.82, 2.24) is 0 Å². The molecule has 2 aliphatic heterocycles. The molecular formula is C60H58N4O27P2. The summed E-state index contributed by atoms with van der Waals surface area (Å²) in [6, 6.07) is 23.2. The Morgan fingerprint density at radius 3 is 0.957 bits per heavy atom. The van der Waals surface area contributed by atoms with Gasteiger partial charge in [0.15, 0.2) is 51.6 Å². The molecule has 0 saturated carbocycles. The molecule has 7 aromatic carbocycles. The number of nitro benzene ring substituents is 4. The van der Waals surface area contributed by atoms with E-state index in [4.69, 9.17) is 74.5 Å². The molecule has 4 atom stereocenters. The van der Waals surface area contributed by atoms with E-state index in [0.29, 0.717) is 5.56 Å². The molecule has 0 fully saturated rings. The predicted molar refractivity (Wildman–Crippen MR) is 324 cm³/mol. The third-order valence-corrected chi connectivity index (χ3v) is 18.1. The first-order valence-electron chi connectivity index (χ1n) is 27.5. The largest absolute Gasteiger partial charge is 0.531 e. The van der Waals surface area contributed by atoms with Crippen molar-refractivity contribution in [3.63, 3.8) is 0 Å². The van der Waals surface area contributed by atoms with Gasteiger partial charge < -0.3 is 56.4 Å². The van der Waals surface area contributed by atoms with Crippen LogP contribution in [0.2, 0.25) is 0 Å². The molecule has 9 rings (SSSR count). The van der Waals surface area contributed by atoms with Gasteiger partial charge in [-0.05, 0) is 82.3 Å². The molecule has 0 aromatic heterocycles. The molecule has 31 nitrogen and oxygen atoms in total. The zero-order valence-corrected chi connectivity index (χ0v) is 53.2. The standard InChI is InChI=1S/C60H58N4O27P2/c1-31(38-23-51(76-5)55(80-9)27-45(38)61(66)67)86-92(74,87-32(2)39-24-52(77-6)56(81-10)28-46(39)62(68)69)90-35-17-19-43-49(21-35)84-50-22-36(18-20-44(50)60(43)42-16-14-13-15-37(42)59(65)85-60)91-93(75,88-33(3)40-25-53(78-7)57(82-11)29-47(40)63(70)71)89-34(4)41-26-54(79-8)58(83-12)30-48(41)64(72)73/h13-34H,1-12H3. The van der Waals surface area contributed by atoms with Gasteiger partial charge in [-0.1, -0.05) is 18.2 Å². The summed E-state index contributed by atoms with van der Waals surface area (Å²) >= 11 is 0. The van der Waals surface area contributed by atoms with Gasteiger partial charge in [-0.2, -0.15) is 0 Å². The van der Waals surface area contributed by atoms with Gasteiger partial charge in [-0.15, -0.1) is 0 Å². The van der Waals surface area contributed by atoms with Crippen molar-refractivity contribution >= 4 is 44.4 Å². The fourth-order valence-corrected chi connectivity index (χ4v) is 13.6. The number of hydrogen-bond acceptors (Lipinski definition) is 27. The van der Waals surface area contributed by atoms with Crippen molar-refractivity contribution < 1.29 is 108 Å². The van der Waals surface area contributed by atoms with Crippen molar-refractivity contribution in [3.05, 3.63) is 194 Å². The van der Waals surface area contributed by atoms with E-state index in [9.17, 15) is 45.3 Å². The average molecular weight is 1330 g/mol. The minimum atomic E-state index is -5.31. The van der Waals surface area contributed by atoms with Crippen LogP contribution in [0.5, 0.6) is 69.0 Å². The van der Waals surface area contributed by atoms with E-state index in [1.54, 1.807) is 18.2 Å². The van der Waals surface area contributed by atoms with Crippen LogP contribution in [0.1, 0.15) is 101 Å². The molecular weight excluding hydrogens is 1270 g/mol. The molecule has 0 N–H and O–H groups in total. The van der Waals surface area contributed by atoms with Gasteiger partial charge in [0.25, 0.3) is 22.7 Å². The molecule has 0 radical (unpaired) electrons. The zero-order chi connectivity index (χ0) is 67.6. The Kier molecular flexibility index (Phi) is 19.4. The van der Waals surface area contributed by atoms with Gasteiger partial charge in [0.05, 0.1) is 153 Å². The maximum atomic E-state index is 15.6. The number of fused-ring (bicyclic) bond motifs is 6. The highest BCUT2D eigenvalue weighted by molar-refractivity contribution is 7.49. The number of carbonyl (C=O) groups is 1.